The average Bonchev–Trinajstić information content (AvgIpc) is 2.34. The Morgan fingerprint density at radius 3 is 2.50 bits per heavy atom. The first-order valence-corrected chi connectivity index (χ1v) is 6.51. The zero-order valence-electron chi connectivity index (χ0n) is 10.1. The highest BCUT2D eigenvalue weighted by atomic mass is 32.2. The zero-order valence-corrected chi connectivity index (χ0v) is 10.9. The van der Waals surface area contributed by atoms with Gasteiger partial charge >= 0.3 is 0 Å². The first kappa shape index (κ1) is 13.0. The maximum atomic E-state index is 5.26. The summed E-state index contributed by atoms with van der Waals surface area (Å²) in [5.74, 6) is 2.60. The summed E-state index contributed by atoms with van der Waals surface area (Å²) in [5.41, 5.74) is 2.25. The Labute approximate surface area is 102 Å². The van der Waals surface area contributed by atoms with Crippen molar-refractivity contribution in [3.05, 3.63) is 30.3 Å². The maximum Gasteiger partial charge on any atom is 0.161 e. The van der Waals surface area contributed by atoms with Crippen LogP contribution in [-0.4, -0.2) is 26.2 Å². The predicted molar refractivity (Wildman–Crippen MR) is 71.6 cm³/mol. The van der Waals surface area contributed by atoms with E-state index in [0.29, 0.717) is 0 Å². The fraction of sp³-hybridized carbons (Fsp3) is 0.385. The monoisotopic (exact) mass is 238 g/mol. The molecule has 0 aliphatic heterocycles. The molecule has 3 heteroatoms. The molecular formula is C13H18O2S. The lowest BCUT2D eigenvalue weighted by Crippen LogP contribution is -1.92. The van der Waals surface area contributed by atoms with Gasteiger partial charge in [0.2, 0.25) is 0 Å². The second-order valence-corrected chi connectivity index (χ2v) is 4.40. The quantitative estimate of drug-likeness (QED) is 0.756. The highest BCUT2D eigenvalue weighted by Gasteiger charge is 2.06. The van der Waals surface area contributed by atoms with Crippen molar-refractivity contribution in [2.45, 2.75) is 6.42 Å². The molecule has 1 aromatic rings. The van der Waals surface area contributed by atoms with Gasteiger partial charge in [0.05, 0.1) is 14.2 Å². The molecule has 2 nitrogen and oxygen atoms in total. The van der Waals surface area contributed by atoms with Crippen LogP contribution in [0.15, 0.2) is 24.8 Å². The normalized spacial score (nSPS) is 9.94. The molecule has 1 aromatic carbocycles. The second-order valence-electron chi connectivity index (χ2n) is 3.42. The maximum absolute atomic E-state index is 5.26. The van der Waals surface area contributed by atoms with Crippen molar-refractivity contribution in [1.82, 2.24) is 0 Å². The summed E-state index contributed by atoms with van der Waals surface area (Å²) in [5, 5.41) is 0. The molecule has 16 heavy (non-hydrogen) atoms. The fourth-order valence-electron chi connectivity index (χ4n) is 1.43. The van der Waals surface area contributed by atoms with Gasteiger partial charge in [0.25, 0.3) is 0 Å². The van der Waals surface area contributed by atoms with Crippen LogP contribution in [0.3, 0.4) is 0 Å². The highest BCUT2D eigenvalue weighted by Crippen LogP contribution is 2.30. The smallest absolute Gasteiger partial charge is 0.161 e. The molecule has 0 bridgehead atoms. The first-order chi connectivity index (χ1) is 7.72. The van der Waals surface area contributed by atoms with Crippen LogP contribution in [0.4, 0.5) is 0 Å². The predicted octanol–water partition coefficient (Wildman–Crippen LogP) is 3.47. The minimum absolute atomic E-state index is 0.754. The molecule has 0 atom stereocenters. The molecule has 0 saturated heterocycles. The Morgan fingerprint density at radius 2 is 1.94 bits per heavy atom. The van der Waals surface area contributed by atoms with Crippen LogP contribution in [-0.2, 0) is 0 Å². The molecule has 0 amide bonds. The number of ether oxygens (including phenoxy) is 2. The van der Waals surface area contributed by atoms with Crippen LogP contribution in [0, 0.1) is 0 Å². The van der Waals surface area contributed by atoms with Gasteiger partial charge in [0.1, 0.15) is 0 Å². The molecule has 0 fully saturated rings. The van der Waals surface area contributed by atoms with E-state index in [9.17, 15) is 0 Å². The molecule has 0 aliphatic carbocycles. The van der Waals surface area contributed by atoms with Crippen molar-refractivity contribution in [3.63, 3.8) is 0 Å². The molecule has 1 rings (SSSR count). The van der Waals surface area contributed by atoms with E-state index in [4.69, 9.17) is 9.47 Å². The van der Waals surface area contributed by atoms with Gasteiger partial charge in [-0.1, -0.05) is 12.6 Å². The molecular weight excluding hydrogens is 220 g/mol. The number of rotatable bonds is 6. The summed E-state index contributed by atoms with van der Waals surface area (Å²) in [6, 6.07) is 5.91. The minimum Gasteiger partial charge on any atom is -0.493 e. The number of hydrogen-bond donors (Lipinski definition) is 0. The molecule has 0 radical (unpaired) electrons. The Balaban J connectivity index is 2.85. The Hall–Kier alpha value is -1.09. The number of methoxy groups -OCH3 is 2. The Morgan fingerprint density at radius 1 is 1.25 bits per heavy atom. The van der Waals surface area contributed by atoms with Crippen molar-refractivity contribution in [2.75, 3.05) is 26.2 Å². The van der Waals surface area contributed by atoms with E-state index in [1.54, 1.807) is 14.2 Å². The van der Waals surface area contributed by atoms with E-state index in [0.717, 1.165) is 34.8 Å². The van der Waals surface area contributed by atoms with Crippen LogP contribution in [0.1, 0.15) is 12.0 Å². The molecule has 88 valence electrons. The van der Waals surface area contributed by atoms with Crippen molar-refractivity contribution < 1.29 is 9.47 Å². The molecule has 0 unspecified atom stereocenters. The van der Waals surface area contributed by atoms with E-state index < -0.39 is 0 Å². The van der Waals surface area contributed by atoms with Crippen molar-refractivity contribution >= 4 is 17.3 Å². The summed E-state index contributed by atoms with van der Waals surface area (Å²) in [7, 11) is 3.28. The van der Waals surface area contributed by atoms with Gasteiger partial charge in [0.15, 0.2) is 11.5 Å². The summed E-state index contributed by atoms with van der Waals surface area (Å²) in [6.45, 7) is 4.08. The SMILES string of the molecule is C=C(CCSC)c1ccc(OC)c(OC)c1. The summed E-state index contributed by atoms with van der Waals surface area (Å²) < 4.78 is 10.5. The zero-order chi connectivity index (χ0) is 12.0. The second kappa shape index (κ2) is 6.48. The van der Waals surface area contributed by atoms with E-state index in [2.05, 4.69) is 12.8 Å². The summed E-state index contributed by atoms with van der Waals surface area (Å²) >= 11 is 1.83. The van der Waals surface area contributed by atoms with Crippen LogP contribution in [0.25, 0.3) is 5.57 Å². The molecule has 0 aliphatic rings. The Bertz CT molecular complexity index is 361. The van der Waals surface area contributed by atoms with Crippen LogP contribution in [0.5, 0.6) is 11.5 Å². The molecule has 0 saturated carbocycles. The van der Waals surface area contributed by atoms with Gasteiger partial charge in [-0.05, 0) is 41.7 Å². The number of thioether (sulfide) groups is 1. The van der Waals surface area contributed by atoms with Crippen molar-refractivity contribution in [1.29, 1.82) is 0 Å². The van der Waals surface area contributed by atoms with E-state index in [1.165, 1.54) is 0 Å². The van der Waals surface area contributed by atoms with Gasteiger partial charge in [-0.2, -0.15) is 11.8 Å². The Kier molecular flexibility index (Phi) is 5.26. The largest absolute Gasteiger partial charge is 0.493 e. The lowest BCUT2D eigenvalue weighted by Gasteiger charge is -2.10. The average molecular weight is 238 g/mol. The third-order valence-electron chi connectivity index (χ3n) is 2.40. The summed E-state index contributed by atoms with van der Waals surface area (Å²) in [6.07, 6.45) is 3.10. The minimum atomic E-state index is 0.754. The molecule has 0 spiro atoms. The number of hydrogen-bond acceptors (Lipinski definition) is 3. The third-order valence-corrected chi connectivity index (χ3v) is 3.01. The van der Waals surface area contributed by atoms with Gasteiger partial charge in [-0.3, -0.25) is 0 Å². The lowest BCUT2D eigenvalue weighted by atomic mass is 10.0. The van der Waals surface area contributed by atoms with Gasteiger partial charge in [0, 0.05) is 0 Å². The molecule has 0 aromatic heterocycles. The van der Waals surface area contributed by atoms with Crippen LogP contribution in [0.2, 0.25) is 0 Å². The van der Waals surface area contributed by atoms with Gasteiger partial charge in [-0.15, -0.1) is 0 Å². The topological polar surface area (TPSA) is 18.5 Å². The van der Waals surface area contributed by atoms with E-state index >= 15 is 0 Å². The standard InChI is InChI=1S/C13H18O2S/c1-10(7-8-16-4)11-5-6-12(14-2)13(9-11)15-3/h5-6,9H,1,7-8H2,2-4H3. The number of allylic oxidation sites excluding steroid dienone is 1. The lowest BCUT2D eigenvalue weighted by molar-refractivity contribution is 0.355. The van der Waals surface area contributed by atoms with Gasteiger partial charge in [-0.25, -0.2) is 0 Å². The highest BCUT2D eigenvalue weighted by molar-refractivity contribution is 7.98. The molecule has 0 heterocycles. The first-order valence-electron chi connectivity index (χ1n) is 5.12. The number of benzene rings is 1. The molecule has 0 N–H and O–H groups in total. The third kappa shape index (κ3) is 3.20. The van der Waals surface area contributed by atoms with Crippen molar-refractivity contribution in [2.24, 2.45) is 0 Å². The van der Waals surface area contributed by atoms with E-state index in [1.807, 2.05) is 30.0 Å². The fourth-order valence-corrected chi connectivity index (χ4v) is 1.88. The van der Waals surface area contributed by atoms with Crippen LogP contribution >= 0.6 is 11.8 Å². The van der Waals surface area contributed by atoms with Crippen molar-refractivity contribution in [3.8, 4) is 11.5 Å². The van der Waals surface area contributed by atoms with Crippen LogP contribution < -0.4 is 9.47 Å². The van der Waals surface area contributed by atoms with E-state index in [-0.39, 0.29) is 0 Å². The summed E-state index contributed by atoms with van der Waals surface area (Å²) in [4.78, 5) is 0. The van der Waals surface area contributed by atoms with Gasteiger partial charge < -0.3 is 9.47 Å².